The van der Waals surface area contributed by atoms with Crippen molar-refractivity contribution in [3.8, 4) is 0 Å². The third kappa shape index (κ3) is 3.90. The molecular weight excluding hydrogens is 432 g/mol. The number of hydrogen-bond donors (Lipinski definition) is 6. The Balaban J connectivity index is 1.61. The molecule has 4 aliphatic carbocycles. The molecule has 0 bridgehead atoms. The van der Waals surface area contributed by atoms with Crippen LogP contribution < -0.4 is 0 Å². The van der Waals surface area contributed by atoms with Gasteiger partial charge in [0.05, 0.1) is 30.0 Å². The van der Waals surface area contributed by atoms with Crippen molar-refractivity contribution in [2.24, 2.45) is 52.3 Å². The quantitative estimate of drug-likeness (QED) is 0.346. The highest BCUT2D eigenvalue weighted by Crippen LogP contribution is 2.69. The van der Waals surface area contributed by atoms with Gasteiger partial charge in [-0.25, -0.2) is 0 Å². The van der Waals surface area contributed by atoms with E-state index in [-0.39, 0.29) is 48.0 Å². The number of hydrogen-bond acceptors (Lipinski definition) is 6. The van der Waals surface area contributed by atoms with Crippen LogP contribution in [-0.2, 0) is 0 Å². The van der Waals surface area contributed by atoms with Gasteiger partial charge >= 0.3 is 0 Å². The fourth-order valence-corrected chi connectivity index (χ4v) is 9.68. The molecule has 0 amide bonds. The molecule has 14 atom stereocenters. The summed E-state index contributed by atoms with van der Waals surface area (Å²) in [4.78, 5) is 0. The van der Waals surface area contributed by atoms with E-state index in [0.29, 0.717) is 18.8 Å². The van der Waals surface area contributed by atoms with Gasteiger partial charge in [-0.15, -0.1) is 0 Å². The van der Waals surface area contributed by atoms with Crippen LogP contribution in [0.15, 0.2) is 0 Å². The Bertz CT molecular complexity index is 732. The minimum atomic E-state index is -1.23. The molecule has 0 radical (unpaired) electrons. The topological polar surface area (TPSA) is 121 Å². The Morgan fingerprint density at radius 1 is 0.853 bits per heavy atom. The van der Waals surface area contributed by atoms with E-state index in [1.54, 1.807) is 0 Å². The SMILES string of the molecule is CC(CO)C(C)CCC(C)C1C(O)C(O)C2C1(C)CCC1C3(C)CCC(O)CC3C(O)CC12O. The Hall–Kier alpha value is -0.240. The molecule has 0 aromatic heterocycles. The lowest BCUT2D eigenvalue weighted by molar-refractivity contribution is -0.264. The van der Waals surface area contributed by atoms with Crippen molar-refractivity contribution in [3.63, 3.8) is 0 Å². The van der Waals surface area contributed by atoms with E-state index in [4.69, 9.17) is 0 Å². The first-order valence-corrected chi connectivity index (χ1v) is 13.9. The standard InChI is InChI=1S/C28H50O6/c1-15(17(3)14-29)6-7-16(2)22-23(32)24(33)25-27(22,5)11-9-21-26(4)10-8-18(30)12-19(26)20(31)13-28(21,25)34/h15-25,29-34H,6-14H2,1-5H3. The zero-order valence-electron chi connectivity index (χ0n) is 21.9. The molecule has 0 spiro atoms. The second kappa shape index (κ2) is 9.25. The van der Waals surface area contributed by atoms with Crippen molar-refractivity contribution in [1.29, 1.82) is 0 Å². The highest BCUT2D eigenvalue weighted by molar-refractivity contribution is 5.21. The first-order chi connectivity index (χ1) is 15.8. The van der Waals surface area contributed by atoms with Gasteiger partial charge in [0.15, 0.2) is 0 Å². The molecule has 0 saturated heterocycles. The maximum absolute atomic E-state index is 12.4. The highest BCUT2D eigenvalue weighted by atomic mass is 16.3. The summed E-state index contributed by atoms with van der Waals surface area (Å²) in [5.41, 5.74) is -1.92. The van der Waals surface area contributed by atoms with E-state index in [0.717, 1.165) is 32.1 Å². The monoisotopic (exact) mass is 482 g/mol. The summed E-state index contributed by atoms with van der Waals surface area (Å²) < 4.78 is 0. The van der Waals surface area contributed by atoms with E-state index in [2.05, 4.69) is 34.6 Å². The maximum Gasteiger partial charge on any atom is 0.0863 e. The lowest BCUT2D eigenvalue weighted by Gasteiger charge is -2.65. The van der Waals surface area contributed by atoms with Gasteiger partial charge in [-0.05, 0) is 78.4 Å². The summed E-state index contributed by atoms with van der Waals surface area (Å²) in [6.45, 7) is 10.9. The fraction of sp³-hybridized carbons (Fsp3) is 1.00. The second-order valence-corrected chi connectivity index (χ2v) is 13.6. The number of aliphatic hydroxyl groups excluding tert-OH is 5. The molecule has 4 rings (SSSR count). The molecule has 6 N–H and O–H groups in total. The summed E-state index contributed by atoms with van der Waals surface area (Å²) in [6.07, 6.45) is 2.74. The van der Waals surface area contributed by atoms with Crippen LogP contribution in [0.25, 0.3) is 0 Å². The smallest absolute Gasteiger partial charge is 0.0863 e. The van der Waals surface area contributed by atoms with E-state index >= 15 is 0 Å². The third-order valence-electron chi connectivity index (χ3n) is 11.8. The molecule has 0 aliphatic heterocycles. The molecule has 4 fully saturated rings. The molecular formula is C28H50O6. The maximum atomic E-state index is 12.4. The molecule has 4 saturated carbocycles. The zero-order valence-corrected chi connectivity index (χ0v) is 21.9. The van der Waals surface area contributed by atoms with Gasteiger partial charge in [0.2, 0.25) is 0 Å². The van der Waals surface area contributed by atoms with Gasteiger partial charge in [0.1, 0.15) is 0 Å². The summed E-state index contributed by atoms with van der Waals surface area (Å²) in [6, 6.07) is 0. The molecule has 0 aromatic carbocycles. The van der Waals surface area contributed by atoms with Gasteiger partial charge in [-0.1, -0.05) is 47.5 Å². The molecule has 14 unspecified atom stereocenters. The molecule has 4 aliphatic rings. The Morgan fingerprint density at radius 2 is 1.50 bits per heavy atom. The lowest BCUT2D eigenvalue weighted by atomic mass is 9.42. The van der Waals surface area contributed by atoms with Crippen molar-refractivity contribution >= 4 is 0 Å². The van der Waals surface area contributed by atoms with E-state index in [1.807, 2.05) is 0 Å². The van der Waals surface area contributed by atoms with Crippen molar-refractivity contribution in [3.05, 3.63) is 0 Å². The van der Waals surface area contributed by atoms with Crippen LogP contribution in [0.4, 0.5) is 0 Å². The van der Waals surface area contributed by atoms with Gasteiger partial charge < -0.3 is 30.6 Å². The molecule has 6 heteroatoms. The van der Waals surface area contributed by atoms with Crippen molar-refractivity contribution < 1.29 is 30.6 Å². The van der Waals surface area contributed by atoms with Crippen LogP contribution in [0.2, 0.25) is 0 Å². The average molecular weight is 483 g/mol. The minimum absolute atomic E-state index is 0.0425. The van der Waals surface area contributed by atoms with E-state index < -0.39 is 41.3 Å². The summed E-state index contributed by atoms with van der Waals surface area (Å²) in [7, 11) is 0. The summed E-state index contributed by atoms with van der Waals surface area (Å²) >= 11 is 0. The van der Waals surface area contributed by atoms with Gasteiger partial charge in [0.25, 0.3) is 0 Å². The number of rotatable bonds is 6. The molecule has 0 heterocycles. The van der Waals surface area contributed by atoms with E-state index in [1.165, 1.54) is 0 Å². The average Bonchev–Trinajstić information content (AvgIpc) is 2.98. The summed E-state index contributed by atoms with van der Waals surface area (Å²) in [5.74, 6) is 0.0945. The van der Waals surface area contributed by atoms with Crippen molar-refractivity contribution in [1.82, 2.24) is 0 Å². The highest BCUT2D eigenvalue weighted by Gasteiger charge is 2.72. The van der Waals surface area contributed by atoms with Gasteiger partial charge in [-0.2, -0.15) is 0 Å². The Morgan fingerprint density at radius 3 is 2.15 bits per heavy atom. The number of fused-ring (bicyclic) bond motifs is 5. The normalized spacial score (nSPS) is 53.4. The molecule has 198 valence electrons. The van der Waals surface area contributed by atoms with Crippen LogP contribution in [0.3, 0.4) is 0 Å². The molecule has 6 nitrogen and oxygen atoms in total. The summed E-state index contributed by atoms with van der Waals surface area (Å²) in [5, 5.41) is 66.1. The van der Waals surface area contributed by atoms with Crippen LogP contribution in [0.1, 0.15) is 86.0 Å². The predicted molar refractivity (Wildman–Crippen MR) is 131 cm³/mol. The third-order valence-corrected chi connectivity index (χ3v) is 11.8. The van der Waals surface area contributed by atoms with Crippen LogP contribution in [-0.4, -0.2) is 67.3 Å². The Labute approximate surface area is 205 Å². The van der Waals surface area contributed by atoms with Crippen LogP contribution in [0.5, 0.6) is 0 Å². The van der Waals surface area contributed by atoms with Crippen molar-refractivity contribution in [2.75, 3.05) is 6.61 Å². The minimum Gasteiger partial charge on any atom is -0.396 e. The number of aliphatic hydroxyl groups is 6. The zero-order chi connectivity index (χ0) is 25.2. The first-order valence-electron chi connectivity index (χ1n) is 13.9. The Kier molecular flexibility index (Phi) is 7.30. The van der Waals surface area contributed by atoms with Gasteiger partial charge in [0, 0.05) is 18.9 Å². The van der Waals surface area contributed by atoms with Crippen molar-refractivity contribution in [2.45, 2.75) is 116 Å². The molecule has 34 heavy (non-hydrogen) atoms. The lowest BCUT2D eigenvalue weighted by Crippen LogP contribution is -2.68. The largest absolute Gasteiger partial charge is 0.396 e. The predicted octanol–water partition coefficient (Wildman–Crippen LogP) is 2.71. The molecule has 0 aromatic rings. The van der Waals surface area contributed by atoms with Gasteiger partial charge in [-0.3, -0.25) is 0 Å². The van der Waals surface area contributed by atoms with Crippen LogP contribution in [0, 0.1) is 52.3 Å². The van der Waals surface area contributed by atoms with Crippen LogP contribution >= 0.6 is 0 Å². The second-order valence-electron chi connectivity index (χ2n) is 13.6. The van der Waals surface area contributed by atoms with E-state index in [9.17, 15) is 30.6 Å². The first kappa shape index (κ1) is 26.8. The fourth-order valence-electron chi connectivity index (χ4n) is 9.68.